The number of methoxy groups -OCH3 is 4. The van der Waals surface area contributed by atoms with E-state index in [1.54, 1.807) is 33.5 Å². The number of fused-ring (bicyclic) bond motifs is 1. The van der Waals surface area contributed by atoms with Crippen molar-refractivity contribution in [2.45, 2.75) is 12.8 Å². The normalized spacial score (nSPS) is 12.8. The van der Waals surface area contributed by atoms with Gasteiger partial charge in [0.2, 0.25) is 11.5 Å². The number of aryl methyl sites for hydroxylation is 1. The molecule has 0 saturated heterocycles. The smallest absolute Gasteiger partial charge is 0.203 e. The third-order valence-electron chi connectivity index (χ3n) is 4.57. The zero-order chi connectivity index (χ0) is 18.8. The van der Waals surface area contributed by atoms with Crippen LogP contribution in [0.4, 0.5) is 0 Å². The summed E-state index contributed by atoms with van der Waals surface area (Å²) in [6.45, 7) is 0. The number of benzene rings is 2. The highest BCUT2D eigenvalue weighted by molar-refractivity contribution is 5.91. The Hall–Kier alpha value is -3.02. The van der Waals surface area contributed by atoms with Crippen molar-refractivity contribution in [1.29, 1.82) is 0 Å². The topological polar surface area (TPSA) is 77.4 Å². The maximum absolute atomic E-state index is 10.5. The summed E-state index contributed by atoms with van der Waals surface area (Å²) in [5.41, 5.74) is 3.09. The Morgan fingerprint density at radius 2 is 1.50 bits per heavy atom. The lowest BCUT2D eigenvalue weighted by Crippen LogP contribution is -2.07. The highest BCUT2D eigenvalue weighted by Gasteiger charge is 2.27. The van der Waals surface area contributed by atoms with Gasteiger partial charge in [0.05, 0.1) is 28.4 Å². The van der Waals surface area contributed by atoms with E-state index < -0.39 is 0 Å². The molecule has 0 bridgehead atoms. The standard InChI is InChI=1S/C20H22O6/c1-23-14-9-8-13(17(21)18(14)22)12-7-5-6-11-10-15(24-2)19(25-3)20(26-4)16(11)12/h7-10,21-22H,5-6H2,1-4H3. The molecule has 0 atom stereocenters. The summed E-state index contributed by atoms with van der Waals surface area (Å²) in [4.78, 5) is 0. The Labute approximate surface area is 152 Å². The molecule has 3 rings (SSSR count). The summed E-state index contributed by atoms with van der Waals surface area (Å²) in [7, 11) is 6.13. The van der Waals surface area contributed by atoms with E-state index in [-0.39, 0.29) is 17.2 Å². The Balaban J connectivity index is 2.26. The molecule has 1 aliphatic carbocycles. The zero-order valence-corrected chi connectivity index (χ0v) is 15.3. The zero-order valence-electron chi connectivity index (χ0n) is 15.3. The van der Waals surface area contributed by atoms with Crippen molar-refractivity contribution in [3.8, 4) is 34.5 Å². The Morgan fingerprint density at radius 3 is 2.12 bits per heavy atom. The first kappa shape index (κ1) is 17.8. The average Bonchev–Trinajstić information content (AvgIpc) is 2.67. The van der Waals surface area contributed by atoms with Crippen molar-refractivity contribution < 1.29 is 29.2 Å². The molecule has 0 aromatic heterocycles. The van der Waals surface area contributed by atoms with Crippen LogP contribution >= 0.6 is 0 Å². The minimum atomic E-state index is -0.294. The van der Waals surface area contributed by atoms with Gasteiger partial charge in [0.1, 0.15) is 0 Å². The minimum Gasteiger partial charge on any atom is -0.504 e. The third-order valence-corrected chi connectivity index (χ3v) is 4.57. The molecule has 6 nitrogen and oxygen atoms in total. The van der Waals surface area contributed by atoms with Crippen LogP contribution in [0.15, 0.2) is 24.3 Å². The molecular formula is C20H22O6. The van der Waals surface area contributed by atoms with Crippen LogP contribution in [0.25, 0.3) is 5.57 Å². The van der Waals surface area contributed by atoms with Crippen molar-refractivity contribution in [3.05, 3.63) is 41.0 Å². The fourth-order valence-electron chi connectivity index (χ4n) is 3.36. The van der Waals surface area contributed by atoms with Gasteiger partial charge in [-0.05, 0) is 42.2 Å². The molecule has 0 fully saturated rings. The van der Waals surface area contributed by atoms with Crippen LogP contribution in [0.3, 0.4) is 0 Å². The van der Waals surface area contributed by atoms with Gasteiger partial charge in [0.25, 0.3) is 0 Å². The van der Waals surface area contributed by atoms with Gasteiger partial charge in [-0.2, -0.15) is 0 Å². The van der Waals surface area contributed by atoms with Gasteiger partial charge in [-0.15, -0.1) is 0 Å². The molecule has 138 valence electrons. The van der Waals surface area contributed by atoms with E-state index in [0.29, 0.717) is 22.8 Å². The fraction of sp³-hybridized carbons (Fsp3) is 0.300. The van der Waals surface area contributed by atoms with Gasteiger partial charge in [-0.1, -0.05) is 6.08 Å². The number of aromatic hydroxyl groups is 2. The van der Waals surface area contributed by atoms with Crippen LogP contribution in [0.2, 0.25) is 0 Å². The maximum Gasteiger partial charge on any atom is 0.203 e. The number of phenols is 2. The first-order valence-electron chi connectivity index (χ1n) is 8.19. The van der Waals surface area contributed by atoms with Gasteiger partial charge >= 0.3 is 0 Å². The van der Waals surface area contributed by atoms with Crippen molar-refractivity contribution >= 4 is 5.57 Å². The van der Waals surface area contributed by atoms with Crippen LogP contribution in [0, 0.1) is 0 Å². The largest absolute Gasteiger partial charge is 0.504 e. The second-order valence-electron chi connectivity index (χ2n) is 5.85. The van der Waals surface area contributed by atoms with Crippen LogP contribution in [0.5, 0.6) is 34.5 Å². The van der Waals surface area contributed by atoms with Crippen LogP contribution < -0.4 is 18.9 Å². The number of hydrogen-bond donors (Lipinski definition) is 2. The molecule has 2 aromatic carbocycles. The molecule has 0 unspecified atom stereocenters. The van der Waals surface area contributed by atoms with E-state index in [1.807, 2.05) is 12.1 Å². The molecule has 0 amide bonds. The van der Waals surface area contributed by atoms with Gasteiger partial charge < -0.3 is 29.2 Å². The molecule has 0 aliphatic heterocycles. The van der Waals surface area contributed by atoms with E-state index >= 15 is 0 Å². The maximum atomic E-state index is 10.5. The van der Waals surface area contributed by atoms with Crippen molar-refractivity contribution in [2.24, 2.45) is 0 Å². The summed E-state index contributed by atoms with van der Waals surface area (Å²) in [5.74, 6) is 1.28. The summed E-state index contributed by atoms with van der Waals surface area (Å²) in [6.07, 6.45) is 3.60. The summed E-state index contributed by atoms with van der Waals surface area (Å²) in [5, 5.41) is 20.7. The number of ether oxygens (including phenoxy) is 4. The second-order valence-corrected chi connectivity index (χ2v) is 5.85. The molecular weight excluding hydrogens is 336 g/mol. The molecule has 1 aliphatic rings. The van der Waals surface area contributed by atoms with Crippen LogP contribution in [-0.2, 0) is 6.42 Å². The summed E-state index contributed by atoms with van der Waals surface area (Å²) >= 11 is 0. The van der Waals surface area contributed by atoms with Crippen LogP contribution in [0.1, 0.15) is 23.1 Å². The van der Waals surface area contributed by atoms with E-state index in [2.05, 4.69) is 0 Å². The molecule has 26 heavy (non-hydrogen) atoms. The highest BCUT2D eigenvalue weighted by Crippen LogP contribution is 2.51. The van der Waals surface area contributed by atoms with E-state index in [1.165, 1.54) is 7.11 Å². The quantitative estimate of drug-likeness (QED) is 0.797. The fourth-order valence-corrected chi connectivity index (χ4v) is 3.36. The van der Waals surface area contributed by atoms with E-state index in [9.17, 15) is 10.2 Å². The van der Waals surface area contributed by atoms with Crippen molar-refractivity contribution in [1.82, 2.24) is 0 Å². The average molecular weight is 358 g/mol. The first-order chi connectivity index (χ1) is 12.6. The number of rotatable bonds is 5. The Kier molecular flexibility index (Phi) is 4.84. The van der Waals surface area contributed by atoms with E-state index in [4.69, 9.17) is 18.9 Å². The molecule has 6 heteroatoms. The SMILES string of the molecule is COc1ccc(C2=CCCc3cc(OC)c(OC)c(OC)c32)c(O)c1O. The lowest BCUT2D eigenvalue weighted by Gasteiger charge is -2.25. The Bertz CT molecular complexity index is 869. The van der Waals surface area contributed by atoms with Crippen molar-refractivity contribution in [3.63, 3.8) is 0 Å². The summed E-state index contributed by atoms with van der Waals surface area (Å²) < 4.78 is 21.6. The van der Waals surface area contributed by atoms with Gasteiger partial charge in [-0.25, -0.2) is 0 Å². The first-order valence-corrected chi connectivity index (χ1v) is 8.19. The predicted molar refractivity (Wildman–Crippen MR) is 97.8 cm³/mol. The van der Waals surface area contributed by atoms with E-state index in [0.717, 1.165) is 29.5 Å². The summed E-state index contributed by atoms with van der Waals surface area (Å²) in [6, 6.07) is 5.25. The Morgan fingerprint density at radius 1 is 0.808 bits per heavy atom. The molecule has 0 heterocycles. The second kappa shape index (κ2) is 7.07. The molecule has 0 radical (unpaired) electrons. The minimum absolute atomic E-state index is 0.210. The molecule has 0 saturated carbocycles. The highest BCUT2D eigenvalue weighted by atomic mass is 16.5. The predicted octanol–water partition coefficient (Wildman–Crippen LogP) is 3.51. The monoisotopic (exact) mass is 358 g/mol. The number of allylic oxidation sites excluding steroid dienone is 1. The number of hydrogen-bond acceptors (Lipinski definition) is 6. The van der Waals surface area contributed by atoms with Gasteiger partial charge in [0, 0.05) is 11.1 Å². The van der Waals surface area contributed by atoms with Crippen molar-refractivity contribution in [2.75, 3.05) is 28.4 Å². The van der Waals surface area contributed by atoms with Gasteiger partial charge in [-0.3, -0.25) is 0 Å². The van der Waals surface area contributed by atoms with Crippen LogP contribution in [-0.4, -0.2) is 38.7 Å². The van der Waals surface area contributed by atoms with Gasteiger partial charge in [0.15, 0.2) is 23.0 Å². The molecule has 2 aromatic rings. The molecule has 0 spiro atoms. The lowest BCUT2D eigenvalue weighted by molar-refractivity contribution is 0.323. The number of phenolic OH excluding ortho intramolecular Hbond substituents is 2. The third kappa shape index (κ3) is 2.67. The molecule has 2 N–H and O–H groups in total. The lowest BCUT2D eigenvalue weighted by atomic mass is 9.85.